The molecule has 1 unspecified atom stereocenters. The van der Waals surface area contributed by atoms with Crippen LogP contribution in [0.25, 0.3) is 11.3 Å². The molecule has 2 aromatic carbocycles. The number of benzene rings is 2. The number of aliphatic hydroxyl groups excluding tert-OH is 1. The summed E-state index contributed by atoms with van der Waals surface area (Å²) >= 11 is 0. The molecule has 0 bridgehead atoms. The number of aliphatic hydroxyl groups is 1. The molecular formula is C26H24N4O2. The number of anilines is 1. The van der Waals surface area contributed by atoms with Crippen molar-refractivity contribution >= 4 is 11.7 Å². The summed E-state index contributed by atoms with van der Waals surface area (Å²) in [5, 5.41) is 16.6. The molecule has 0 radical (unpaired) electrons. The van der Waals surface area contributed by atoms with Crippen molar-refractivity contribution in [3.05, 3.63) is 114 Å². The highest BCUT2D eigenvalue weighted by Crippen LogP contribution is 2.23. The van der Waals surface area contributed by atoms with Gasteiger partial charge in [-0.3, -0.25) is 9.78 Å². The third kappa shape index (κ3) is 5.36. The van der Waals surface area contributed by atoms with Crippen LogP contribution in [0.1, 0.15) is 27.6 Å². The average Bonchev–Trinajstić information content (AvgIpc) is 2.87. The molecule has 0 aliphatic rings. The first-order chi connectivity index (χ1) is 15.7. The van der Waals surface area contributed by atoms with E-state index in [1.54, 1.807) is 18.5 Å². The lowest BCUT2D eigenvalue weighted by atomic mass is 10.1. The second-order valence-electron chi connectivity index (χ2n) is 7.31. The molecule has 0 aliphatic heterocycles. The summed E-state index contributed by atoms with van der Waals surface area (Å²) < 4.78 is 0. The van der Waals surface area contributed by atoms with Crippen molar-refractivity contribution in [3.63, 3.8) is 0 Å². The van der Waals surface area contributed by atoms with Gasteiger partial charge in [0.25, 0.3) is 5.91 Å². The monoisotopic (exact) mass is 424 g/mol. The maximum Gasteiger partial charge on any atom is 0.255 e. The van der Waals surface area contributed by atoms with Crippen LogP contribution in [0.2, 0.25) is 0 Å². The number of hydrogen-bond donors (Lipinski definition) is 3. The Balaban J connectivity index is 1.56. The van der Waals surface area contributed by atoms with Gasteiger partial charge >= 0.3 is 0 Å². The minimum absolute atomic E-state index is 0.220. The summed E-state index contributed by atoms with van der Waals surface area (Å²) in [6.07, 6.45) is 2.68. The van der Waals surface area contributed by atoms with Gasteiger partial charge in [0.15, 0.2) is 0 Å². The molecule has 0 spiro atoms. The van der Waals surface area contributed by atoms with Gasteiger partial charge in [-0.2, -0.15) is 0 Å². The van der Waals surface area contributed by atoms with Crippen LogP contribution in [-0.2, 0) is 6.54 Å². The maximum atomic E-state index is 12.9. The molecule has 32 heavy (non-hydrogen) atoms. The van der Waals surface area contributed by atoms with Crippen molar-refractivity contribution in [2.24, 2.45) is 0 Å². The van der Waals surface area contributed by atoms with Gasteiger partial charge < -0.3 is 15.7 Å². The quantitative estimate of drug-likeness (QED) is 0.394. The molecule has 160 valence electrons. The first kappa shape index (κ1) is 21.2. The van der Waals surface area contributed by atoms with E-state index in [4.69, 9.17) is 0 Å². The Bertz CT molecular complexity index is 1150. The number of aromatic nitrogens is 2. The van der Waals surface area contributed by atoms with Gasteiger partial charge in [0, 0.05) is 31.0 Å². The Kier molecular flexibility index (Phi) is 6.84. The van der Waals surface area contributed by atoms with Crippen LogP contribution < -0.4 is 10.6 Å². The van der Waals surface area contributed by atoms with E-state index in [9.17, 15) is 9.90 Å². The maximum absolute atomic E-state index is 12.9. The van der Waals surface area contributed by atoms with Crippen LogP contribution in [0.5, 0.6) is 0 Å². The average molecular weight is 425 g/mol. The van der Waals surface area contributed by atoms with Crippen molar-refractivity contribution < 1.29 is 9.90 Å². The van der Waals surface area contributed by atoms with E-state index in [-0.39, 0.29) is 12.5 Å². The Hall–Kier alpha value is -4.03. The van der Waals surface area contributed by atoms with Crippen molar-refractivity contribution in [1.29, 1.82) is 0 Å². The predicted molar refractivity (Wildman–Crippen MR) is 125 cm³/mol. The lowest BCUT2D eigenvalue weighted by Gasteiger charge is -2.16. The summed E-state index contributed by atoms with van der Waals surface area (Å²) in [5.74, 6) is 0.169. The van der Waals surface area contributed by atoms with Crippen molar-refractivity contribution in [1.82, 2.24) is 15.3 Å². The van der Waals surface area contributed by atoms with Gasteiger partial charge in [0.1, 0.15) is 5.82 Å². The number of rotatable bonds is 8. The fraction of sp³-hybridized carbons (Fsp3) is 0.115. The smallest absolute Gasteiger partial charge is 0.255 e. The highest BCUT2D eigenvalue weighted by atomic mass is 16.3. The zero-order valence-electron chi connectivity index (χ0n) is 17.5. The van der Waals surface area contributed by atoms with Gasteiger partial charge in [0.2, 0.25) is 0 Å². The molecule has 0 aliphatic carbocycles. The Morgan fingerprint density at radius 2 is 1.66 bits per heavy atom. The number of hydrogen-bond acceptors (Lipinski definition) is 5. The van der Waals surface area contributed by atoms with Crippen molar-refractivity contribution in [3.8, 4) is 11.3 Å². The topological polar surface area (TPSA) is 87.1 Å². The van der Waals surface area contributed by atoms with E-state index >= 15 is 0 Å². The van der Waals surface area contributed by atoms with Crippen LogP contribution in [0.3, 0.4) is 0 Å². The van der Waals surface area contributed by atoms with Crippen LogP contribution in [0.15, 0.2) is 97.3 Å². The van der Waals surface area contributed by atoms with E-state index in [0.717, 1.165) is 22.4 Å². The molecule has 3 N–H and O–H groups in total. The third-order valence-corrected chi connectivity index (χ3v) is 5.03. The van der Waals surface area contributed by atoms with Crippen LogP contribution >= 0.6 is 0 Å². The highest BCUT2D eigenvalue weighted by molar-refractivity contribution is 5.99. The fourth-order valence-corrected chi connectivity index (χ4v) is 3.31. The van der Waals surface area contributed by atoms with Crippen LogP contribution in [0.4, 0.5) is 5.82 Å². The van der Waals surface area contributed by atoms with Gasteiger partial charge in [-0.25, -0.2) is 4.98 Å². The second kappa shape index (κ2) is 10.3. The van der Waals surface area contributed by atoms with E-state index in [0.29, 0.717) is 17.9 Å². The summed E-state index contributed by atoms with van der Waals surface area (Å²) in [6, 6.07) is 26.5. The zero-order chi connectivity index (χ0) is 22.2. The molecular weight excluding hydrogens is 400 g/mol. The van der Waals surface area contributed by atoms with E-state index in [1.165, 1.54) is 0 Å². The molecule has 0 saturated heterocycles. The molecule has 0 saturated carbocycles. The number of carbonyl (C=O) groups is 1. The molecule has 4 aromatic rings. The van der Waals surface area contributed by atoms with Gasteiger partial charge in [-0.1, -0.05) is 66.7 Å². The second-order valence-corrected chi connectivity index (χ2v) is 7.31. The van der Waals surface area contributed by atoms with Gasteiger partial charge in [-0.05, 0) is 29.3 Å². The standard InChI is InChI=1S/C26H24N4O2/c31-24(21-11-5-2-6-12-21)18-28-25-22(26(32)29-17-19-8-7-15-27-16-19)13-14-23(30-25)20-9-3-1-4-10-20/h1-16,24,31H,17-18H2,(H,28,30)(H,29,32). The molecule has 1 atom stereocenters. The van der Waals surface area contributed by atoms with Crippen LogP contribution in [0, 0.1) is 0 Å². The molecule has 6 nitrogen and oxygen atoms in total. The molecule has 2 aromatic heterocycles. The SMILES string of the molecule is O=C(NCc1cccnc1)c1ccc(-c2ccccc2)nc1NCC(O)c1ccccc1. The summed E-state index contributed by atoms with van der Waals surface area (Å²) in [6.45, 7) is 0.581. The zero-order valence-corrected chi connectivity index (χ0v) is 17.5. The van der Waals surface area contributed by atoms with Crippen LogP contribution in [-0.4, -0.2) is 27.5 Å². The Morgan fingerprint density at radius 3 is 2.38 bits per heavy atom. The Labute approximate surface area is 187 Å². The summed E-state index contributed by atoms with van der Waals surface area (Å²) in [5.41, 5.74) is 3.80. The highest BCUT2D eigenvalue weighted by Gasteiger charge is 2.16. The number of carbonyl (C=O) groups excluding carboxylic acids is 1. The molecule has 1 amide bonds. The fourth-order valence-electron chi connectivity index (χ4n) is 3.31. The summed E-state index contributed by atoms with van der Waals surface area (Å²) in [4.78, 5) is 21.7. The number of pyridine rings is 2. The molecule has 4 rings (SSSR count). The van der Waals surface area contributed by atoms with Gasteiger partial charge in [-0.15, -0.1) is 0 Å². The van der Waals surface area contributed by atoms with E-state index in [2.05, 4.69) is 20.6 Å². The third-order valence-electron chi connectivity index (χ3n) is 5.03. The lowest BCUT2D eigenvalue weighted by Crippen LogP contribution is -2.25. The summed E-state index contributed by atoms with van der Waals surface area (Å²) in [7, 11) is 0. The van der Waals surface area contributed by atoms with E-state index in [1.807, 2.05) is 78.9 Å². The number of amides is 1. The normalized spacial score (nSPS) is 11.5. The largest absolute Gasteiger partial charge is 0.387 e. The van der Waals surface area contributed by atoms with Gasteiger partial charge in [0.05, 0.1) is 17.4 Å². The number of nitrogens with zero attached hydrogens (tertiary/aromatic N) is 2. The predicted octanol–water partition coefficient (Wildman–Crippen LogP) is 4.22. The van der Waals surface area contributed by atoms with E-state index < -0.39 is 6.10 Å². The minimum atomic E-state index is -0.732. The number of nitrogens with one attached hydrogen (secondary N) is 2. The first-order valence-corrected chi connectivity index (χ1v) is 10.4. The minimum Gasteiger partial charge on any atom is -0.387 e. The lowest BCUT2D eigenvalue weighted by molar-refractivity contribution is 0.0951. The van der Waals surface area contributed by atoms with Crippen molar-refractivity contribution in [2.75, 3.05) is 11.9 Å². The first-order valence-electron chi connectivity index (χ1n) is 10.4. The Morgan fingerprint density at radius 1 is 0.906 bits per heavy atom. The molecule has 2 heterocycles. The van der Waals surface area contributed by atoms with Crippen molar-refractivity contribution in [2.45, 2.75) is 12.6 Å². The molecule has 6 heteroatoms. The molecule has 0 fully saturated rings.